The lowest BCUT2D eigenvalue weighted by Crippen LogP contribution is -2.53. The molecule has 1 spiro atoms. The van der Waals surface area contributed by atoms with Crippen LogP contribution in [0.15, 0.2) is 60.7 Å². The fourth-order valence-electron chi connectivity index (χ4n) is 6.17. The second-order valence-electron chi connectivity index (χ2n) is 9.93. The van der Waals surface area contributed by atoms with Crippen LogP contribution < -0.4 is 10.6 Å². The number of nitrogens with one attached hydrogen (secondary N) is 2. The van der Waals surface area contributed by atoms with Gasteiger partial charge in [0.05, 0.1) is 16.6 Å². The molecule has 3 N–H and O–H groups in total. The lowest BCUT2D eigenvalue weighted by molar-refractivity contribution is -0.140. The minimum absolute atomic E-state index is 0.0405. The monoisotopic (exact) mass is 507 g/mol. The molecular formula is C28H33N3O4S. The maximum absolute atomic E-state index is 13.8. The molecule has 5 atom stereocenters. The van der Waals surface area contributed by atoms with E-state index < -0.39 is 22.6 Å². The smallest absolute Gasteiger partial charge is 0.244 e. The number of nitrogens with zero attached hydrogens (tertiary/aromatic N) is 1. The van der Waals surface area contributed by atoms with Crippen molar-refractivity contribution in [2.75, 3.05) is 13.2 Å². The highest BCUT2D eigenvalue weighted by atomic mass is 32.2. The first kappa shape index (κ1) is 24.8. The fraction of sp³-hybridized carbons (Fsp3) is 0.464. The minimum atomic E-state index is -0.612. The van der Waals surface area contributed by atoms with Crippen LogP contribution in [0.4, 0.5) is 0 Å². The third kappa shape index (κ3) is 4.52. The van der Waals surface area contributed by atoms with Crippen LogP contribution in [0.25, 0.3) is 0 Å². The molecule has 7 nitrogen and oxygen atoms in total. The van der Waals surface area contributed by atoms with Gasteiger partial charge in [0.2, 0.25) is 17.7 Å². The van der Waals surface area contributed by atoms with Gasteiger partial charge in [-0.05, 0) is 36.8 Å². The van der Waals surface area contributed by atoms with E-state index in [0.717, 1.165) is 24.0 Å². The van der Waals surface area contributed by atoms with Crippen LogP contribution in [0, 0.1) is 11.8 Å². The SMILES string of the molecule is O=C(NCc1ccccc1)C1N(CCCCO)C(=O)[C@@H]2[C@H](C(=O)NCc3ccccc3)[C@@H]3CCC12S3. The highest BCUT2D eigenvalue weighted by Gasteiger charge is 2.73. The van der Waals surface area contributed by atoms with Gasteiger partial charge in [-0.25, -0.2) is 0 Å². The summed E-state index contributed by atoms with van der Waals surface area (Å²) in [5.74, 6) is -1.29. The van der Waals surface area contributed by atoms with E-state index in [0.29, 0.717) is 32.5 Å². The van der Waals surface area contributed by atoms with Crippen LogP contribution in [-0.2, 0) is 27.5 Å². The molecule has 3 aliphatic heterocycles. The van der Waals surface area contributed by atoms with E-state index in [2.05, 4.69) is 10.6 Å². The largest absolute Gasteiger partial charge is 0.396 e. The molecule has 8 heteroatoms. The van der Waals surface area contributed by atoms with Crippen molar-refractivity contribution in [1.29, 1.82) is 0 Å². The zero-order valence-electron chi connectivity index (χ0n) is 20.3. The zero-order valence-corrected chi connectivity index (χ0v) is 21.1. The lowest BCUT2D eigenvalue weighted by Gasteiger charge is -2.34. The Morgan fingerprint density at radius 1 is 0.944 bits per heavy atom. The molecule has 0 radical (unpaired) electrons. The third-order valence-electron chi connectivity index (χ3n) is 7.78. The first-order valence-corrected chi connectivity index (χ1v) is 13.7. The summed E-state index contributed by atoms with van der Waals surface area (Å²) in [5.41, 5.74) is 2.01. The predicted molar refractivity (Wildman–Crippen MR) is 139 cm³/mol. The second-order valence-corrected chi connectivity index (χ2v) is 11.5. The molecule has 2 bridgehead atoms. The Morgan fingerprint density at radius 3 is 2.17 bits per heavy atom. The number of likely N-dealkylation sites (tertiary alicyclic amines) is 1. The van der Waals surface area contributed by atoms with Gasteiger partial charge in [0.15, 0.2) is 0 Å². The van der Waals surface area contributed by atoms with E-state index in [1.165, 1.54) is 0 Å². The maximum Gasteiger partial charge on any atom is 0.244 e. The lowest BCUT2D eigenvalue weighted by atomic mass is 9.70. The van der Waals surface area contributed by atoms with Crippen molar-refractivity contribution in [1.82, 2.24) is 15.5 Å². The van der Waals surface area contributed by atoms with Gasteiger partial charge in [0, 0.05) is 31.5 Å². The van der Waals surface area contributed by atoms with E-state index in [9.17, 15) is 19.5 Å². The number of hydrogen-bond donors (Lipinski definition) is 3. The summed E-state index contributed by atoms with van der Waals surface area (Å²) in [6.07, 6.45) is 2.76. The Labute approximate surface area is 216 Å². The van der Waals surface area contributed by atoms with Crippen molar-refractivity contribution in [3.8, 4) is 0 Å². The Hall–Kier alpha value is -2.84. The van der Waals surface area contributed by atoms with E-state index >= 15 is 0 Å². The summed E-state index contributed by atoms with van der Waals surface area (Å²) in [6.45, 7) is 1.26. The molecule has 3 heterocycles. The van der Waals surface area contributed by atoms with Crippen LogP contribution in [0.1, 0.15) is 36.8 Å². The first-order valence-electron chi connectivity index (χ1n) is 12.8. The highest BCUT2D eigenvalue weighted by Crippen LogP contribution is 2.66. The van der Waals surface area contributed by atoms with Gasteiger partial charge in [-0.1, -0.05) is 60.7 Å². The number of rotatable bonds is 10. The van der Waals surface area contributed by atoms with Crippen LogP contribution in [-0.4, -0.2) is 56.9 Å². The molecule has 190 valence electrons. The van der Waals surface area contributed by atoms with E-state index in [1.54, 1.807) is 16.7 Å². The molecule has 2 aromatic carbocycles. The van der Waals surface area contributed by atoms with E-state index in [1.807, 2.05) is 60.7 Å². The van der Waals surface area contributed by atoms with Gasteiger partial charge in [-0.3, -0.25) is 14.4 Å². The molecule has 3 saturated heterocycles. The number of unbranched alkanes of at least 4 members (excludes halogenated alkanes) is 1. The number of amides is 3. The molecule has 0 aromatic heterocycles. The molecule has 36 heavy (non-hydrogen) atoms. The summed E-state index contributed by atoms with van der Waals surface area (Å²) in [6, 6.07) is 18.9. The summed E-state index contributed by atoms with van der Waals surface area (Å²) >= 11 is 1.68. The van der Waals surface area contributed by atoms with E-state index in [-0.39, 0.29) is 29.6 Å². The van der Waals surface area contributed by atoms with E-state index in [4.69, 9.17) is 0 Å². The predicted octanol–water partition coefficient (Wildman–Crippen LogP) is 2.48. The van der Waals surface area contributed by atoms with Crippen LogP contribution >= 0.6 is 11.8 Å². The van der Waals surface area contributed by atoms with Crippen molar-refractivity contribution in [2.24, 2.45) is 11.8 Å². The molecule has 3 fully saturated rings. The van der Waals surface area contributed by atoms with Crippen LogP contribution in [0.2, 0.25) is 0 Å². The van der Waals surface area contributed by atoms with Gasteiger partial charge >= 0.3 is 0 Å². The Bertz CT molecular complexity index is 1100. The fourth-order valence-corrected chi connectivity index (χ4v) is 8.39. The number of fused-ring (bicyclic) bond motifs is 1. The number of aliphatic hydroxyl groups excluding tert-OH is 1. The Kier molecular flexibility index (Phi) is 7.34. The molecule has 2 aromatic rings. The second kappa shape index (κ2) is 10.6. The number of aliphatic hydroxyl groups is 1. The number of carbonyl (C=O) groups is 3. The molecule has 0 aliphatic carbocycles. The summed E-state index contributed by atoms with van der Waals surface area (Å²) < 4.78 is -0.587. The topological polar surface area (TPSA) is 98.7 Å². The van der Waals surface area contributed by atoms with Crippen molar-refractivity contribution in [3.63, 3.8) is 0 Å². The van der Waals surface area contributed by atoms with Gasteiger partial charge in [0.1, 0.15) is 6.04 Å². The molecular weight excluding hydrogens is 474 g/mol. The third-order valence-corrected chi connectivity index (χ3v) is 9.73. The molecule has 2 unspecified atom stereocenters. The normalized spacial score (nSPS) is 28.2. The van der Waals surface area contributed by atoms with Crippen LogP contribution in [0.5, 0.6) is 0 Å². The number of hydrogen-bond acceptors (Lipinski definition) is 5. The highest BCUT2D eigenvalue weighted by molar-refractivity contribution is 8.02. The van der Waals surface area contributed by atoms with Crippen molar-refractivity contribution in [2.45, 2.75) is 54.8 Å². The first-order chi connectivity index (χ1) is 17.5. The summed E-state index contributed by atoms with van der Waals surface area (Å²) in [5, 5.41) is 15.4. The van der Waals surface area contributed by atoms with Gasteiger partial charge < -0.3 is 20.6 Å². The average Bonchev–Trinajstić information content (AvgIpc) is 3.55. The number of thioether (sulfide) groups is 1. The molecule has 0 saturated carbocycles. The standard InChI is InChI=1S/C28H33N3O4S/c32-16-8-7-15-31-24(26(34)30-18-20-11-5-2-6-12-20)28-14-13-21(36-28)22(23(28)27(31)35)25(33)29-17-19-9-3-1-4-10-19/h1-6,9-12,21-24,32H,7-8,13-18H2,(H,29,33)(H,30,34)/t21-,22+,23-,24?,28?/m0/s1. The molecule has 3 aliphatic rings. The van der Waals surface area contributed by atoms with Crippen molar-refractivity contribution in [3.05, 3.63) is 71.8 Å². The Morgan fingerprint density at radius 2 is 1.56 bits per heavy atom. The van der Waals surface area contributed by atoms with Gasteiger partial charge in [0.25, 0.3) is 0 Å². The van der Waals surface area contributed by atoms with Gasteiger partial charge in [-0.15, -0.1) is 11.8 Å². The summed E-state index contributed by atoms with van der Waals surface area (Å²) in [7, 11) is 0. The van der Waals surface area contributed by atoms with Crippen molar-refractivity contribution < 1.29 is 19.5 Å². The molecule has 3 amide bonds. The van der Waals surface area contributed by atoms with Crippen LogP contribution in [0.3, 0.4) is 0 Å². The quantitative estimate of drug-likeness (QED) is 0.429. The minimum Gasteiger partial charge on any atom is -0.396 e. The van der Waals surface area contributed by atoms with Gasteiger partial charge in [-0.2, -0.15) is 0 Å². The van der Waals surface area contributed by atoms with Crippen molar-refractivity contribution >= 4 is 29.5 Å². The Balaban J connectivity index is 1.37. The maximum atomic E-state index is 13.8. The average molecular weight is 508 g/mol. The summed E-state index contributed by atoms with van der Waals surface area (Å²) in [4.78, 5) is 42.6. The molecule has 5 rings (SSSR count). The number of carbonyl (C=O) groups excluding carboxylic acids is 3. The number of benzene rings is 2. The zero-order chi connectivity index (χ0) is 25.1.